The molecule has 0 aliphatic rings. The second-order valence-corrected chi connectivity index (χ2v) is 6.58. The van der Waals surface area contributed by atoms with Crippen molar-refractivity contribution in [3.8, 4) is 17.0 Å². The van der Waals surface area contributed by atoms with E-state index in [0.717, 1.165) is 5.56 Å². The summed E-state index contributed by atoms with van der Waals surface area (Å²) in [5, 5.41) is 7.78. The number of hydrogen-bond donors (Lipinski definition) is 1. The molecule has 0 saturated heterocycles. The van der Waals surface area contributed by atoms with E-state index in [1.165, 1.54) is 16.8 Å². The number of nitrogens with zero attached hydrogens (tertiary/aromatic N) is 3. The van der Waals surface area contributed by atoms with Gasteiger partial charge in [0.2, 0.25) is 0 Å². The second kappa shape index (κ2) is 9.34. The van der Waals surface area contributed by atoms with E-state index in [4.69, 9.17) is 27.9 Å². The number of rotatable bonds is 7. The van der Waals surface area contributed by atoms with E-state index in [2.05, 4.69) is 15.4 Å². The first-order valence-electron chi connectivity index (χ1n) is 8.36. The second-order valence-electron chi connectivity index (χ2n) is 5.74. The topological polar surface area (TPSA) is 86.1 Å². The summed E-state index contributed by atoms with van der Waals surface area (Å²) in [5.41, 5.74) is 1.17. The SMILES string of the molecule is O=C(COc1ccc(Cl)cc1Cl)NCCn1nc(-c2cccnc2)ccc1=O. The molecular formula is C19H16Cl2N4O3. The van der Waals surface area contributed by atoms with Gasteiger partial charge in [0.05, 0.1) is 17.3 Å². The van der Waals surface area contributed by atoms with E-state index in [9.17, 15) is 9.59 Å². The summed E-state index contributed by atoms with van der Waals surface area (Å²) < 4.78 is 6.65. The Morgan fingerprint density at radius 3 is 2.79 bits per heavy atom. The van der Waals surface area contributed by atoms with Crippen molar-refractivity contribution in [2.75, 3.05) is 13.2 Å². The Morgan fingerprint density at radius 2 is 2.04 bits per heavy atom. The number of hydrogen-bond acceptors (Lipinski definition) is 5. The van der Waals surface area contributed by atoms with Gasteiger partial charge in [0, 0.05) is 35.6 Å². The van der Waals surface area contributed by atoms with Gasteiger partial charge in [-0.2, -0.15) is 5.10 Å². The molecule has 28 heavy (non-hydrogen) atoms. The lowest BCUT2D eigenvalue weighted by atomic mass is 10.2. The van der Waals surface area contributed by atoms with Crippen LogP contribution in [0.3, 0.4) is 0 Å². The number of amides is 1. The Labute approximate surface area is 170 Å². The monoisotopic (exact) mass is 418 g/mol. The maximum atomic E-state index is 12.0. The molecule has 0 fully saturated rings. The highest BCUT2D eigenvalue weighted by Gasteiger charge is 2.07. The molecule has 1 N–H and O–H groups in total. The van der Waals surface area contributed by atoms with Gasteiger partial charge in [-0.3, -0.25) is 14.6 Å². The Balaban J connectivity index is 1.53. The minimum absolute atomic E-state index is 0.209. The maximum Gasteiger partial charge on any atom is 0.266 e. The van der Waals surface area contributed by atoms with Crippen molar-refractivity contribution in [2.24, 2.45) is 0 Å². The van der Waals surface area contributed by atoms with Crippen molar-refractivity contribution >= 4 is 29.1 Å². The van der Waals surface area contributed by atoms with Gasteiger partial charge in [0.15, 0.2) is 6.61 Å². The number of benzene rings is 1. The summed E-state index contributed by atoms with van der Waals surface area (Å²) in [6.07, 6.45) is 3.33. The molecule has 0 atom stereocenters. The Morgan fingerprint density at radius 1 is 1.18 bits per heavy atom. The van der Waals surface area contributed by atoms with Gasteiger partial charge in [-0.25, -0.2) is 4.68 Å². The normalized spacial score (nSPS) is 10.5. The molecule has 1 aromatic carbocycles. The van der Waals surface area contributed by atoms with Gasteiger partial charge in [-0.05, 0) is 36.4 Å². The number of ether oxygens (including phenoxy) is 1. The fourth-order valence-electron chi connectivity index (χ4n) is 2.37. The highest BCUT2D eigenvalue weighted by molar-refractivity contribution is 6.35. The summed E-state index contributed by atoms with van der Waals surface area (Å²) in [4.78, 5) is 28.0. The summed E-state index contributed by atoms with van der Waals surface area (Å²) in [5.74, 6) is 0.0192. The molecule has 0 saturated carbocycles. The molecule has 0 bridgehead atoms. The van der Waals surface area contributed by atoms with Gasteiger partial charge in [-0.15, -0.1) is 0 Å². The van der Waals surface area contributed by atoms with E-state index in [1.54, 1.807) is 36.7 Å². The Bertz CT molecular complexity index is 1030. The van der Waals surface area contributed by atoms with E-state index >= 15 is 0 Å². The van der Waals surface area contributed by atoms with Crippen molar-refractivity contribution in [2.45, 2.75) is 6.54 Å². The average Bonchev–Trinajstić information content (AvgIpc) is 2.69. The van der Waals surface area contributed by atoms with Crippen LogP contribution in [0.5, 0.6) is 5.75 Å². The van der Waals surface area contributed by atoms with Crippen molar-refractivity contribution in [3.63, 3.8) is 0 Å². The number of carbonyl (C=O) groups excluding carboxylic acids is 1. The Kier molecular flexibility index (Phi) is 6.62. The van der Waals surface area contributed by atoms with Crippen molar-refractivity contribution in [1.82, 2.24) is 20.1 Å². The Hall–Kier alpha value is -2.90. The predicted octanol–water partition coefficient (Wildman–Crippen LogP) is 2.81. The molecule has 144 valence electrons. The molecule has 2 heterocycles. The van der Waals surface area contributed by atoms with Crippen LogP contribution >= 0.6 is 23.2 Å². The zero-order chi connectivity index (χ0) is 19.9. The van der Waals surface area contributed by atoms with Crippen LogP contribution in [0.4, 0.5) is 0 Å². The van der Waals surface area contributed by atoms with Gasteiger partial charge >= 0.3 is 0 Å². The lowest BCUT2D eigenvalue weighted by Crippen LogP contribution is -2.34. The fourth-order valence-corrected chi connectivity index (χ4v) is 2.83. The molecule has 0 aliphatic carbocycles. The van der Waals surface area contributed by atoms with Gasteiger partial charge in [-0.1, -0.05) is 23.2 Å². The minimum Gasteiger partial charge on any atom is -0.482 e. The molecule has 2 aromatic heterocycles. The largest absolute Gasteiger partial charge is 0.482 e. The third-order valence-electron chi connectivity index (χ3n) is 3.72. The van der Waals surface area contributed by atoms with Crippen LogP contribution in [0.2, 0.25) is 10.0 Å². The highest BCUT2D eigenvalue weighted by Crippen LogP contribution is 2.27. The van der Waals surface area contributed by atoms with Gasteiger partial charge in [0.25, 0.3) is 11.5 Å². The van der Waals surface area contributed by atoms with Crippen molar-refractivity contribution < 1.29 is 9.53 Å². The number of carbonyl (C=O) groups is 1. The molecule has 0 radical (unpaired) electrons. The van der Waals surface area contributed by atoms with Crippen LogP contribution in [-0.2, 0) is 11.3 Å². The number of aromatic nitrogens is 3. The first-order chi connectivity index (χ1) is 13.5. The predicted molar refractivity (Wildman–Crippen MR) is 107 cm³/mol. The molecule has 1 amide bonds. The number of nitrogens with one attached hydrogen (secondary N) is 1. The average molecular weight is 419 g/mol. The maximum absolute atomic E-state index is 12.0. The summed E-state index contributed by atoms with van der Waals surface area (Å²) in [6.45, 7) is 0.236. The lowest BCUT2D eigenvalue weighted by molar-refractivity contribution is -0.123. The van der Waals surface area contributed by atoms with Crippen LogP contribution in [0.1, 0.15) is 0 Å². The molecule has 7 nitrogen and oxygen atoms in total. The zero-order valence-corrected chi connectivity index (χ0v) is 16.2. The van der Waals surface area contributed by atoms with Gasteiger partial charge < -0.3 is 10.1 Å². The smallest absolute Gasteiger partial charge is 0.266 e. The fraction of sp³-hybridized carbons (Fsp3) is 0.158. The van der Waals surface area contributed by atoms with Crippen LogP contribution in [-0.4, -0.2) is 33.8 Å². The summed E-state index contributed by atoms with van der Waals surface area (Å²) in [7, 11) is 0. The van der Waals surface area contributed by atoms with E-state index < -0.39 is 0 Å². The van der Waals surface area contributed by atoms with E-state index in [1.807, 2.05) is 6.07 Å². The molecular weight excluding hydrogens is 403 g/mol. The third kappa shape index (κ3) is 5.31. The summed E-state index contributed by atoms with van der Waals surface area (Å²) in [6, 6.07) is 11.5. The number of pyridine rings is 1. The first-order valence-corrected chi connectivity index (χ1v) is 9.11. The molecule has 3 aromatic rings. The van der Waals surface area contributed by atoms with Crippen LogP contribution in [0, 0.1) is 0 Å². The highest BCUT2D eigenvalue weighted by atomic mass is 35.5. The van der Waals surface area contributed by atoms with E-state index in [0.29, 0.717) is 21.5 Å². The zero-order valence-electron chi connectivity index (χ0n) is 14.6. The molecule has 0 unspecified atom stereocenters. The third-order valence-corrected chi connectivity index (χ3v) is 4.25. The number of halogens is 2. The van der Waals surface area contributed by atoms with Gasteiger partial charge in [0.1, 0.15) is 5.75 Å². The first kappa shape index (κ1) is 19.9. The van der Waals surface area contributed by atoms with Crippen molar-refractivity contribution in [3.05, 3.63) is 75.3 Å². The van der Waals surface area contributed by atoms with Crippen LogP contribution < -0.4 is 15.6 Å². The minimum atomic E-state index is -0.345. The molecule has 0 spiro atoms. The van der Waals surface area contributed by atoms with Crippen LogP contribution in [0.25, 0.3) is 11.3 Å². The summed E-state index contributed by atoms with van der Waals surface area (Å²) >= 11 is 11.8. The lowest BCUT2D eigenvalue weighted by Gasteiger charge is -2.10. The quantitative estimate of drug-likeness (QED) is 0.637. The standard InChI is InChI=1S/C19H16Cl2N4O3/c20-14-3-5-17(15(21)10-14)28-12-18(26)23-8-9-25-19(27)6-4-16(24-25)13-2-1-7-22-11-13/h1-7,10-11H,8-9,12H2,(H,23,26). The van der Waals surface area contributed by atoms with E-state index in [-0.39, 0.29) is 31.2 Å². The molecule has 3 rings (SSSR count). The molecule has 9 heteroatoms. The van der Waals surface area contributed by atoms with Crippen molar-refractivity contribution in [1.29, 1.82) is 0 Å². The van der Waals surface area contributed by atoms with Crippen LogP contribution in [0.15, 0.2) is 59.7 Å². The molecule has 0 aliphatic heterocycles.